The van der Waals surface area contributed by atoms with Crippen LogP contribution in [0, 0.1) is 0 Å². The summed E-state index contributed by atoms with van der Waals surface area (Å²) in [6.07, 6.45) is -1.20. The molecule has 0 aliphatic heterocycles. The van der Waals surface area contributed by atoms with Gasteiger partial charge in [-0.25, -0.2) is 0 Å². The second kappa shape index (κ2) is 5.67. The first kappa shape index (κ1) is 11.1. The van der Waals surface area contributed by atoms with Gasteiger partial charge in [0.25, 0.3) is 0 Å². The topological polar surface area (TPSA) is 79.4 Å². The summed E-state index contributed by atoms with van der Waals surface area (Å²) < 4.78 is 69.1. The first-order valence-electron chi connectivity index (χ1n) is 8.35. The Hall–Kier alpha value is -1.57. The minimum Gasteiger partial charge on any atom is -0.361 e. The van der Waals surface area contributed by atoms with Crippen LogP contribution in [0.25, 0.3) is 10.9 Å². The van der Waals surface area contributed by atoms with Crippen LogP contribution < -0.4 is 4.18 Å². The maximum atomic E-state index is 11.1. The van der Waals surface area contributed by atoms with Crippen LogP contribution in [0.3, 0.4) is 0 Å². The molecule has 1 aromatic carbocycles. The molecule has 6 nitrogen and oxygen atoms in total. The van der Waals surface area contributed by atoms with Gasteiger partial charge in [-0.3, -0.25) is 4.55 Å². The zero-order valence-electron chi connectivity index (χ0n) is 16.0. The average Bonchev–Trinajstić information content (AvgIpc) is 2.91. The van der Waals surface area contributed by atoms with Gasteiger partial charge in [-0.2, -0.15) is 8.42 Å². The van der Waals surface area contributed by atoms with Crippen molar-refractivity contribution < 1.29 is 27.1 Å². The van der Waals surface area contributed by atoms with Crippen LogP contribution in [-0.2, 0) is 16.8 Å². The van der Waals surface area contributed by atoms with E-state index in [0.717, 1.165) is 0 Å². The Labute approximate surface area is 130 Å². The molecule has 7 heteroatoms. The molecule has 116 valence electrons. The summed E-state index contributed by atoms with van der Waals surface area (Å²) in [6, 6.07) is 4.31. The summed E-state index contributed by atoms with van der Waals surface area (Å²) in [6.45, 7) is -0.249. The fourth-order valence-electron chi connectivity index (χ4n) is 1.72. The predicted octanol–water partition coefficient (Wildman–Crippen LogP) is 1.99. The van der Waals surface area contributed by atoms with E-state index in [4.69, 9.17) is 10.0 Å². The minimum absolute atomic E-state index is 0.0603. The fraction of sp³-hybridized carbons (Fsp3) is 0.429. The Kier molecular flexibility index (Phi) is 2.98. The zero-order chi connectivity index (χ0) is 19.3. The molecule has 1 heterocycles. The monoisotopic (exact) mass is 317 g/mol. The molecule has 0 unspecified atom stereocenters. The van der Waals surface area contributed by atoms with E-state index in [9.17, 15) is 8.42 Å². The van der Waals surface area contributed by atoms with Crippen molar-refractivity contribution in [2.75, 3.05) is 27.1 Å². The van der Waals surface area contributed by atoms with Gasteiger partial charge in [0.15, 0.2) is 5.75 Å². The Morgan fingerprint density at radius 2 is 2.14 bits per heavy atom. The number of quaternary nitrogens is 1. The van der Waals surface area contributed by atoms with Crippen LogP contribution >= 0.6 is 0 Å². The number of benzene rings is 1. The molecule has 2 N–H and O–H groups in total. The Morgan fingerprint density at radius 1 is 1.43 bits per heavy atom. The fourth-order valence-corrected chi connectivity index (χ4v) is 2.09. The number of rotatable bonds is 6. The molecule has 0 bridgehead atoms. The smallest absolute Gasteiger partial charge is 0.361 e. The van der Waals surface area contributed by atoms with Crippen molar-refractivity contribution in [3.63, 3.8) is 0 Å². The highest BCUT2D eigenvalue weighted by Gasteiger charge is 2.17. The molecule has 0 amide bonds. The molecule has 2 aromatic rings. The number of nitrogens with zero attached hydrogens (tertiary/aromatic N) is 1. The van der Waals surface area contributed by atoms with Crippen molar-refractivity contribution in [2.45, 2.75) is 13.3 Å². The molecule has 0 aliphatic rings. The van der Waals surface area contributed by atoms with Gasteiger partial charge in [0.2, 0.25) is 0 Å². The molecule has 0 saturated heterocycles. The standard InChI is InChI=1S/C14H20N2O4S/c1-4-16(2,3)9-8-11-10-15-12-6-5-7-13(14(11)12)20-21(17,18)19/h5-7,10,15H,4,8-9H2,1-3H3/p+1/i8D2,9D2. The molecule has 2 rings (SSSR count). The van der Waals surface area contributed by atoms with Crippen molar-refractivity contribution in [1.82, 2.24) is 4.98 Å². The van der Waals surface area contributed by atoms with E-state index < -0.39 is 23.3 Å². The lowest BCUT2D eigenvalue weighted by atomic mass is 10.1. The highest BCUT2D eigenvalue weighted by atomic mass is 32.3. The summed E-state index contributed by atoms with van der Waals surface area (Å²) in [4.78, 5) is 2.79. The number of hydrogen-bond acceptors (Lipinski definition) is 3. The van der Waals surface area contributed by atoms with E-state index >= 15 is 0 Å². The van der Waals surface area contributed by atoms with Crippen LogP contribution in [0.4, 0.5) is 0 Å². The van der Waals surface area contributed by atoms with Crippen molar-refractivity contribution in [3.05, 3.63) is 30.0 Å². The number of nitrogens with one attached hydrogen (secondary N) is 1. The lowest BCUT2D eigenvalue weighted by molar-refractivity contribution is -0.888. The Morgan fingerprint density at radius 3 is 2.76 bits per heavy atom. The van der Waals surface area contributed by atoms with Gasteiger partial charge in [-0.05, 0) is 24.6 Å². The van der Waals surface area contributed by atoms with Gasteiger partial charge in [0, 0.05) is 26.2 Å². The SMILES string of the molecule is [2H]C([2H])(c1c[nH]c2cccc(OS(=O)(=O)O)c12)C([2H])([2H])[N+](C)(C)CC. The van der Waals surface area contributed by atoms with Gasteiger partial charge in [0.1, 0.15) is 0 Å². The lowest BCUT2D eigenvalue weighted by Crippen LogP contribution is -2.40. The van der Waals surface area contributed by atoms with E-state index in [0.29, 0.717) is 12.1 Å². The van der Waals surface area contributed by atoms with Gasteiger partial charge in [-0.1, -0.05) is 6.07 Å². The van der Waals surface area contributed by atoms with Crippen LogP contribution in [0.2, 0.25) is 0 Å². The van der Waals surface area contributed by atoms with Crippen LogP contribution in [0.5, 0.6) is 5.75 Å². The normalized spacial score (nSPS) is 17.0. The second-order valence-electron chi connectivity index (χ2n) is 5.13. The number of likely N-dealkylation sites (N-methyl/N-ethyl adjacent to an activating group) is 1. The van der Waals surface area contributed by atoms with E-state index in [2.05, 4.69) is 9.17 Å². The number of H-pyrrole nitrogens is 1. The highest BCUT2D eigenvalue weighted by molar-refractivity contribution is 7.81. The Bertz CT molecular complexity index is 893. The van der Waals surface area contributed by atoms with E-state index in [1.807, 2.05) is 0 Å². The number of aromatic nitrogens is 1. The lowest BCUT2D eigenvalue weighted by Gasteiger charge is -2.28. The molecule has 0 aliphatic carbocycles. The molecule has 21 heavy (non-hydrogen) atoms. The first-order valence-corrected chi connectivity index (χ1v) is 7.71. The summed E-state index contributed by atoms with van der Waals surface area (Å²) in [5.74, 6) is -0.280. The molecule has 0 saturated carbocycles. The molecule has 0 spiro atoms. The molecular formula is C14H21N2O4S+. The predicted molar refractivity (Wildman–Crippen MR) is 81.7 cm³/mol. The zero-order valence-corrected chi connectivity index (χ0v) is 12.9. The van der Waals surface area contributed by atoms with Crippen LogP contribution in [-0.4, -0.2) is 49.6 Å². The third-order valence-corrected chi connectivity index (χ3v) is 3.54. The number of aryl methyl sites for hydroxylation is 1. The maximum absolute atomic E-state index is 11.1. The minimum atomic E-state index is -4.81. The van der Waals surface area contributed by atoms with Crippen molar-refractivity contribution in [2.24, 2.45) is 0 Å². The number of fused-ring (bicyclic) bond motifs is 1. The summed E-state index contributed by atoms with van der Waals surface area (Å²) in [7, 11) is -1.67. The van der Waals surface area contributed by atoms with Gasteiger partial charge in [0.05, 0.1) is 29.9 Å². The molecule has 0 atom stereocenters. The van der Waals surface area contributed by atoms with Crippen LogP contribution in [0.1, 0.15) is 18.0 Å². The summed E-state index contributed by atoms with van der Waals surface area (Å²) in [5, 5.41) is 0.0603. The van der Waals surface area contributed by atoms with Crippen molar-refractivity contribution >= 4 is 21.3 Å². The molecular weight excluding hydrogens is 292 g/mol. The largest absolute Gasteiger partial charge is 0.446 e. The number of aromatic amines is 1. The van der Waals surface area contributed by atoms with E-state index in [1.165, 1.54) is 18.3 Å². The molecule has 0 fully saturated rings. The van der Waals surface area contributed by atoms with Gasteiger partial charge >= 0.3 is 10.4 Å². The maximum Gasteiger partial charge on any atom is 0.446 e. The van der Waals surface area contributed by atoms with Gasteiger partial charge < -0.3 is 13.7 Å². The van der Waals surface area contributed by atoms with Crippen molar-refractivity contribution in [1.29, 1.82) is 0 Å². The summed E-state index contributed by atoms with van der Waals surface area (Å²) >= 11 is 0. The number of hydrogen-bond donors (Lipinski definition) is 2. The van der Waals surface area contributed by atoms with E-state index in [1.54, 1.807) is 27.1 Å². The Balaban J connectivity index is 2.73. The highest BCUT2D eigenvalue weighted by Crippen LogP contribution is 2.30. The van der Waals surface area contributed by atoms with Crippen molar-refractivity contribution in [3.8, 4) is 5.75 Å². The molecule has 0 radical (unpaired) electrons. The third kappa shape index (κ3) is 3.96. The average molecular weight is 317 g/mol. The quantitative estimate of drug-likeness (QED) is 0.631. The summed E-state index contributed by atoms with van der Waals surface area (Å²) in [5.41, 5.74) is 0.268. The van der Waals surface area contributed by atoms with Gasteiger partial charge in [-0.15, -0.1) is 0 Å². The second-order valence-corrected chi connectivity index (χ2v) is 6.15. The van der Waals surface area contributed by atoms with Crippen LogP contribution in [0.15, 0.2) is 24.4 Å². The third-order valence-electron chi connectivity index (χ3n) is 3.15. The van der Waals surface area contributed by atoms with E-state index in [-0.39, 0.29) is 21.2 Å². The molecule has 1 aromatic heterocycles. The first-order chi connectivity index (χ1) is 11.2.